The van der Waals surface area contributed by atoms with Crippen LogP contribution in [0.2, 0.25) is 0 Å². The third kappa shape index (κ3) is 5.40. The van der Waals surface area contributed by atoms with Crippen molar-refractivity contribution in [2.75, 3.05) is 11.5 Å². The third-order valence-electron chi connectivity index (χ3n) is 4.57. The van der Waals surface area contributed by atoms with Crippen molar-refractivity contribution in [3.8, 4) is 5.75 Å². The summed E-state index contributed by atoms with van der Waals surface area (Å²) in [4.78, 5) is 0. The van der Waals surface area contributed by atoms with Crippen LogP contribution in [0, 0.1) is 0 Å². The summed E-state index contributed by atoms with van der Waals surface area (Å²) in [5.74, 6) is -1.35. The van der Waals surface area contributed by atoms with Gasteiger partial charge < -0.3 is 0 Å². The van der Waals surface area contributed by atoms with E-state index in [1.165, 1.54) is 18.2 Å². The summed E-state index contributed by atoms with van der Waals surface area (Å²) >= 11 is -2.65. The zero-order valence-corrected chi connectivity index (χ0v) is 20.0. The molecule has 6 N–H and O–H groups in total. The van der Waals surface area contributed by atoms with E-state index in [9.17, 15) is 62.9 Å². The maximum atomic E-state index is 13.3. The van der Waals surface area contributed by atoms with Crippen LogP contribution < -0.4 is 17.5 Å². The number of anilines is 2. The standard InChI is InChI=1S/C12H6F12O3.C6H7N2.Po/c13-9(14,15)7(26,10(16,17)18)4-1-5(3-6(25)2-4)8(27,11(19,20)21)12(22,23)24;7-5-2-1-3-6(8)4-5;/h1-3,25-27H;2-4H,7-8H2;/q;;+1/p-1. The number of alkyl halides is 12. The van der Waals surface area contributed by atoms with Gasteiger partial charge in [-0.2, -0.15) is 0 Å². The molecule has 0 aliphatic rings. The number of rotatable bonds is 5. The Labute approximate surface area is 205 Å². The molecule has 2 aromatic carbocycles. The second-order valence-corrected chi connectivity index (χ2v) is 10.3. The zero-order valence-electron chi connectivity index (χ0n) is 16.9. The molecular weight excluding hydrogens is 729 g/mol. The van der Waals surface area contributed by atoms with Gasteiger partial charge in [0.25, 0.3) is 0 Å². The Morgan fingerprint density at radius 1 is 0.556 bits per heavy atom. The van der Waals surface area contributed by atoms with Gasteiger partial charge in [-0.05, 0) is 0 Å². The Morgan fingerprint density at radius 2 is 0.889 bits per heavy atom. The summed E-state index contributed by atoms with van der Waals surface area (Å²) in [5.41, 5.74) is -5.82. The number of hydrogen-bond acceptors (Lipinski definition) is 5. The average Bonchev–Trinajstić information content (AvgIpc) is 2.66. The average molecular weight is 741 g/mol. The number of halogens is 12. The van der Waals surface area contributed by atoms with Crippen molar-refractivity contribution in [3.63, 3.8) is 0 Å². The summed E-state index contributed by atoms with van der Waals surface area (Å²) in [5, 5.41) is 19.1. The number of hydrogen-bond donors (Lipinski definition) is 4. The fourth-order valence-electron chi connectivity index (χ4n) is 2.83. The zero-order chi connectivity index (χ0) is 28.1. The Hall–Kier alpha value is -2.18. The van der Waals surface area contributed by atoms with Crippen LogP contribution in [0.1, 0.15) is 11.1 Å². The van der Waals surface area contributed by atoms with Crippen LogP contribution in [-0.2, 0) is 11.2 Å². The molecule has 0 atom stereocenters. The van der Waals surface area contributed by atoms with E-state index in [4.69, 9.17) is 14.2 Å². The molecule has 18 heteroatoms. The van der Waals surface area contributed by atoms with Gasteiger partial charge in [0, 0.05) is 0 Å². The van der Waals surface area contributed by atoms with Gasteiger partial charge in [-0.25, -0.2) is 0 Å². The molecule has 2 aromatic rings. The first-order chi connectivity index (χ1) is 15.9. The van der Waals surface area contributed by atoms with Gasteiger partial charge >= 0.3 is 205 Å². The van der Waals surface area contributed by atoms with Crippen LogP contribution in [0.15, 0.2) is 36.4 Å². The molecule has 0 aromatic heterocycles. The molecule has 0 aliphatic carbocycles. The molecule has 0 saturated carbocycles. The van der Waals surface area contributed by atoms with Crippen LogP contribution >= 0.6 is 0 Å². The predicted octanol–water partition coefficient (Wildman–Crippen LogP) is 3.80. The Bertz CT molecular complexity index is 1010. The molecule has 0 aliphatic heterocycles. The van der Waals surface area contributed by atoms with Crippen molar-refractivity contribution in [2.45, 2.75) is 35.9 Å². The van der Waals surface area contributed by atoms with Crippen LogP contribution in [-0.4, -0.2) is 58.9 Å². The maximum absolute atomic E-state index is 13.3. The second kappa shape index (κ2) is 9.28. The van der Waals surface area contributed by atoms with Crippen molar-refractivity contribution >= 4 is 38.6 Å². The van der Waals surface area contributed by atoms with Gasteiger partial charge in [0.05, 0.1) is 0 Å². The van der Waals surface area contributed by atoms with Crippen LogP contribution in [0.25, 0.3) is 0 Å². The Kier molecular flexibility index (Phi) is 7.75. The molecule has 5 nitrogen and oxygen atoms in total. The van der Waals surface area contributed by atoms with E-state index >= 15 is 0 Å². The molecule has 0 amide bonds. The molecule has 0 bridgehead atoms. The van der Waals surface area contributed by atoms with E-state index in [0.29, 0.717) is 0 Å². The first-order valence-electron chi connectivity index (χ1n) is 8.83. The van der Waals surface area contributed by atoms with Gasteiger partial charge in [-0.15, -0.1) is 0 Å². The fraction of sp³-hybridized carbons (Fsp3) is 0.333. The summed E-state index contributed by atoms with van der Waals surface area (Å²) in [7, 11) is 0. The number of benzene rings is 2. The van der Waals surface area contributed by atoms with E-state index in [1.807, 2.05) is 0 Å². The van der Waals surface area contributed by atoms with E-state index < -0.39 is 82.9 Å². The van der Waals surface area contributed by atoms with Crippen LogP contribution in [0.4, 0.5) is 64.1 Å². The molecule has 0 spiro atoms. The predicted molar refractivity (Wildman–Crippen MR) is 99.7 cm³/mol. The Morgan fingerprint density at radius 3 is 1.19 bits per heavy atom. The minimum atomic E-state index is -6.67. The van der Waals surface area contributed by atoms with Crippen LogP contribution in [0.3, 0.4) is 0 Å². The van der Waals surface area contributed by atoms with Gasteiger partial charge in [0.1, 0.15) is 0 Å². The first-order valence-corrected chi connectivity index (χ1v) is 11.7. The first kappa shape index (κ1) is 30.0. The molecule has 0 radical (unpaired) electrons. The number of nitrogens with two attached hydrogens (primary N) is 2. The quantitative estimate of drug-likeness (QED) is 0.276. The molecule has 202 valence electrons. The molecule has 0 saturated heterocycles. The molecule has 0 unspecified atom stereocenters. The SMILES string of the molecule is Nc1cc(N)c[c]([Po][O]c2cc(C(O)(C(F)(F)F)C(F)(F)F)cc(C(O)(C(F)(F)F)C(F)(F)F)c2)c1. The van der Waals surface area contributed by atoms with Crippen LogP contribution in [0.5, 0.6) is 5.75 Å². The number of nitrogen functional groups attached to an aromatic ring is 2. The molecule has 0 heterocycles. The van der Waals surface area contributed by atoms with Gasteiger partial charge in [-0.3, -0.25) is 0 Å². The third-order valence-corrected chi connectivity index (χ3v) is 7.30. The second-order valence-electron chi connectivity index (χ2n) is 7.16. The van der Waals surface area contributed by atoms with Crippen molar-refractivity contribution in [1.29, 1.82) is 0 Å². The molecule has 2 rings (SSSR count). The normalized spacial score (nSPS) is 14.2. The summed E-state index contributed by atoms with van der Waals surface area (Å²) in [6.45, 7) is 0. The van der Waals surface area contributed by atoms with Crippen molar-refractivity contribution in [2.24, 2.45) is 0 Å². The summed E-state index contributed by atoms with van der Waals surface area (Å²) in [6.07, 6.45) is -26.7. The van der Waals surface area contributed by atoms with Crippen molar-refractivity contribution in [1.82, 2.24) is 0 Å². The molecule has 0 fully saturated rings. The molecule has 36 heavy (non-hydrogen) atoms. The van der Waals surface area contributed by atoms with E-state index in [0.717, 1.165) is 0 Å². The summed E-state index contributed by atoms with van der Waals surface area (Å²) in [6, 6.07) is 2.27. The topological polar surface area (TPSA) is 102 Å². The van der Waals surface area contributed by atoms with E-state index in [1.54, 1.807) is 0 Å². The fourth-order valence-corrected chi connectivity index (χ4v) is 5.39. The Balaban J connectivity index is 2.84. The van der Waals surface area contributed by atoms with Gasteiger partial charge in [0.15, 0.2) is 0 Å². The van der Waals surface area contributed by atoms with E-state index in [-0.39, 0.29) is 26.7 Å². The van der Waals surface area contributed by atoms with Crippen molar-refractivity contribution < 1.29 is 65.7 Å². The number of aliphatic hydroxyl groups is 2. The van der Waals surface area contributed by atoms with E-state index in [2.05, 4.69) is 0 Å². The summed E-state index contributed by atoms with van der Waals surface area (Å²) < 4.78 is 165. The van der Waals surface area contributed by atoms with Crippen molar-refractivity contribution in [3.05, 3.63) is 47.5 Å². The minimum absolute atomic E-state index is 0.0232. The monoisotopic (exact) mass is 741 g/mol. The van der Waals surface area contributed by atoms with Gasteiger partial charge in [0.2, 0.25) is 0 Å². The molecular formula is C18H12F12N2O3Po. The van der Waals surface area contributed by atoms with Gasteiger partial charge in [-0.1, -0.05) is 0 Å².